The highest BCUT2D eigenvalue weighted by atomic mass is 79.9. The van der Waals surface area contributed by atoms with Crippen LogP contribution in [0, 0.1) is 0 Å². The molecule has 1 aliphatic rings. The zero-order valence-electron chi connectivity index (χ0n) is 9.66. The quantitative estimate of drug-likeness (QED) is 0.844. The molecule has 1 heterocycles. The maximum absolute atomic E-state index is 6.00. The van der Waals surface area contributed by atoms with E-state index in [1.807, 2.05) is 24.3 Å². The fourth-order valence-electron chi connectivity index (χ4n) is 2.13. The lowest BCUT2D eigenvalue weighted by molar-refractivity contribution is 0.0919. The number of benzene rings is 1. The minimum Gasteiger partial charge on any atom is -0.489 e. The fraction of sp³-hybridized carbons (Fsp3) is 0.538. The summed E-state index contributed by atoms with van der Waals surface area (Å²) in [6.07, 6.45) is 2.76. The van der Waals surface area contributed by atoms with Crippen molar-refractivity contribution in [3.63, 3.8) is 0 Å². The van der Waals surface area contributed by atoms with Crippen molar-refractivity contribution >= 4 is 15.9 Å². The molecule has 1 atom stereocenters. The van der Waals surface area contributed by atoms with E-state index < -0.39 is 0 Å². The maximum Gasteiger partial charge on any atom is 0.120 e. The Morgan fingerprint density at radius 3 is 3.12 bits per heavy atom. The van der Waals surface area contributed by atoms with E-state index >= 15 is 0 Å². The van der Waals surface area contributed by atoms with Gasteiger partial charge in [0.2, 0.25) is 0 Å². The zero-order chi connectivity index (χ0) is 11.4. The molecule has 16 heavy (non-hydrogen) atoms. The summed E-state index contributed by atoms with van der Waals surface area (Å²) in [5.41, 5.74) is 0. The highest BCUT2D eigenvalue weighted by molar-refractivity contribution is 9.10. The highest BCUT2D eigenvalue weighted by Gasteiger charge is 2.19. The van der Waals surface area contributed by atoms with Gasteiger partial charge in [0.05, 0.1) is 0 Å². The molecule has 3 heteroatoms. The van der Waals surface area contributed by atoms with Crippen LogP contribution >= 0.6 is 15.9 Å². The average Bonchev–Trinajstić information content (AvgIpc) is 2.29. The number of likely N-dealkylation sites (N-methyl/N-ethyl adjacent to an activating group) is 1. The SMILES string of the molecule is CCN1CCCC(Oc2cccc(Br)c2)C1. The Balaban J connectivity index is 1.94. The summed E-state index contributed by atoms with van der Waals surface area (Å²) >= 11 is 3.46. The third-order valence-electron chi connectivity index (χ3n) is 3.01. The number of nitrogens with zero attached hydrogens (tertiary/aromatic N) is 1. The second-order valence-corrected chi connectivity index (χ2v) is 5.15. The molecule has 0 saturated carbocycles. The van der Waals surface area contributed by atoms with Crippen LogP contribution in [0.25, 0.3) is 0 Å². The molecule has 1 aliphatic heterocycles. The van der Waals surface area contributed by atoms with Crippen LogP contribution in [0.4, 0.5) is 0 Å². The highest BCUT2D eigenvalue weighted by Crippen LogP contribution is 2.21. The van der Waals surface area contributed by atoms with Crippen LogP contribution in [0.2, 0.25) is 0 Å². The lowest BCUT2D eigenvalue weighted by Crippen LogP contribution is -2.40. The Morgan fingerprint density at radius 1 is 1.50 bits per heavy atom. The summed E-state index contributed by atoms with van der Waals surface area (Å²) in [7, 11) is 0. The van der Waals surface area contributed by atoms with Gasteiger partial charge >= 0.3 is 0 Å². The summed E-state index contributed by atoms with van der Waals surface area (Å²) in [5.74, 6) is 0.970. The van der Waals surface area contributed by atoms with Gasteiger partial charge in [-0.15, -0.1) is 0 Å². The topological polar surface area (TPSA) is 12.5 Å². The number of hydrogen-bond donors (Lipinski definition) is 0. The first-order valence-corrected chi connectivity index (χ1v) is 6.72. The first-order valence-electron chi connectivity index (χ1n) is 5.92. The maximum atomic E-state index is 6.00. The number of rotatable bonds is 3. The lowest BCUT2D eigenvalue weighted by Gasteiger charge is -2.32. The Bertz CT molecular complexity index is 342. The Hall–Kier alpha value is -0.540. The molecule has 2 rings (SSSR count). The second-order valence-electron chi connectivity index (χ2n) is 4.23. The average molecular weight is 284 g/mol. The Morgan fingerprint density at radius 2 is 2.38 bits per heavy atom. The van der Waals surface area contributed by atoms with Crippen molar-refractivity contribution in [3.8, 4) is 5.75 Å². The molecule has 1 fully saturated rings. The summed E-state index contributed by atoms with van der Waals surface area (Å²) in [5, 5.41) is 0. The number of ether oxygens (including phenoxy) is 1. The number of hydrogen-bond acceptors (Lipinski definition) is 2. The molecule has 88 valence electrons. The number of likely N-dealkylation sites (tertiary alicyclic amines) is 1. The van der Waals surface area contributed by atoms with Crippen molar-refractivity contribution in [2.75, 3.05) is 19.6 Å². The molecular weight excluding hydrogens is 266 g/mol. The molecule has 0 bridgehead atoms. The van der Waals surface area contributed by atoms with Gasteiger partial charge in [-0.3, -0.25) is 4.90 Å². The zero-order valence-corrected chi connectivity index (χ0v) is 11.2. The van der Waals surface area contributed by atoms with Crippen LogP contribution in [0.3, 0.4) is 0 Å². The molecule has 1 aromatic rings. The molecule has 0 aromatic heterocycles. The van der Waals surface area contributed by atoms with E-state index in [1.54, 1.807) is 0 Å². The van der Waals surface area contributed by atoms with E-state index in [2.05, 4.69) is 27.8 Å². The molecule has 1 saturated heterocycles. The molecule has 0 radical (unpaired) electrons. The van der Waals surface area contributed by atoms with E-state index in [0.29, 0.717) is 6.10 Å². The van der Waals surface area contributed by atoms with Crippen LogP contribution < -0.4 is 4.74 Å². The summed E-state index contributed by atoms with van der Waals surface area (Å²) in [6.45, 7) is 5.61. The van der Waals surface area contributed by atoms with E-state index in [9.17, 15) is 0 Å². The third-order valence-corrected chi connectivity index (χ3v) is 3.50. The predicted octanol–water partition coefficient (Wildman–Crippen LogP) is 3.31. The molecule has 1 unspecified atom stereocenters. The van der Waals surface area contributed by atoms with Crippen molar-refractivity contribution in [2.24, 2.45) is 0 Å². The van der Waals surface area contributed by atoms with Crippen molar-refractivity contribution in [2.45, 2.75) is 25.9 Å². The van der Waals surface area contributed by atoms with Crippen molar-refractivity contribution in [1.82, 2.24) is 4.90 Å². The summed E-state index contributed by atoms with van der Waals surface area (Å²) in [4.78, 5) is 2.45. The fourth-order valence-corrected chi connectivity index (χ4v) is 2.51. The van der Waals surface area contributed by atoms with Crippen molar-refractivity contribution < 1.29 is 4.74 Å². The lowest BCUT2D eigenvalue weighted by atomic mass is 10.1. The van der Waals surface area contributed by atoms with Gasteiger partial charge in [0.1, 0.15) is 11.9 Å². The molecule has 2 nitrogen and oxygen atoms in total. The summed E-state index contributed by atoms with van der Waals surface area (Å²) in [6, 6.07) is 8.09. The van der Waals surface area contributed by atoms with Gasteiger partial charge in [-0.05, 0) is 44.1 Å². The normalized spacial score (nSPS) is 22.0. The molecule has 0 amide bonds. The molecule has 0 N–H and O–H groups in total. The van der Waals surface area contributed by atoms with Gasteiger partial charge in [0.15, 0.2) is 0 Å². The van der Waals surface area contributed by atoms with Crippen LogP contribution in [-0.4, -0.2) is 30.6 Å². The molecular formula is C13H18BrNO. The predicted molar refractivity (Wildman–Crippen MR) is 69.9 cm³/mol. The Kier molecular flexibility index (Phi) is 4.24. The van der Waals surface area contributed by atoms with Gasteiger partial charge in [0.25, 0.3) is 0 Å². The minimum absolute atomic E-state index is 0.350. The smallest absolute Gasteiger partial charge is 0.120 e. The van der Waals surface area contributed by atoms with Gasteiger partial charge in [-0.1, -0.05) is 28.9 Å². The van der Waals surface area contributed by atoms with Gasteiger partial charge in [0, 0.05) is 11.0 Å². The molecule has 0 aliphatic carbocycles. The largest absolute Gasteiger partial charge is 0.489 e. The van der Waals surface area contributed by atoms with Crippen molar-refractivity contribution in [1.29, 1.82) is 0 Å². The van der Waals surface area contributed by atoms with Gasteiger partial charge < -0.3 is 4.74 Å². The Labute approximate surface area is 106 Å². The van der Waals surface area contributed by atoms with Crippen LogP contribution in [0.1, 0.15) is 19.8 Å². The molecule has 1 aromatic carbocycles. The van der Waals surface area contributed by atoms with E-state index in [0.717, 1.165) is 23.3 Å². The minimum atomic E-state index is 0.350. The van der Waals surface area contributed by atoms with Crippen LogP contribution in [-0.2, 0) is 0 Å². The van der Waals surface area contributed by atoms with Crippen LogP contribution in [0.15, 0.2) is 28.7 Å². The monoisotopic (exact) mass is 283 g/mol. The van der Waals surface area contributed by atoms with Gasteiger partial charge in [-0.25, -0.2) is 0 Å². The van der Waals surface area contributed by atoms with E-state index in [-0.39, 0.29) is 0 Å². The van der Waals surface area contributed by atoms with E-state index in [4.69, 9.17) is 4.74 Å². The van der Waals surface area contributed by atoms with Crippen LogP contribution in [0.5, 0.6) is 5.75 Å². The third kappa shape index (κ3) is 3.22. The first-order chi connectivity index (χ1) is 7.78. The molecule has 0 spiro atoms. The second kappa shape index (κ2) is 5.69. The number of halogens is 1. The van der Waals surface area contributed by atoms with Crippen molar-refractivity contribution in [3.05, 3.63) is 28.7 Å². The van der Waals surface area contributed by atoms with Gasteiger partial charge in [-0.2, -0.15) is 0 Å². The first kappa shape index (κ1) is 11.9. The number of piperidine rings is 1. The standard InChI is InChI=1S/C13H18BrNO/c1-2-15-8-4-7-13(10-15)16-12-6-3-5-11(14)9-12/h3,5-6,9,13H,2,4,7-8,10H2,1H3. The van der Waals surface area contributed by atoms with E-state index in [1.165, 1.54) is 19.4 Å². The summed E-state index contributed by atoms with van der Waals surface area (Å²) < 4.78 is 7.07.